The van der Waals surface area contributed by atoms with Crippen LogP contribution in [0.4, 0.5) is 4.79 Å². The van der Waals surface area contributed by atoms with Crippen LogP contribution in [0.5, 0.6) is 0 Å². The number of ether oxygens (including phenoxy) is 2. The molecule has 0 spiro atoms. The van der Waals surface area contributed by atoms with E-state index in [9.17, 15) is 19.5 Å². The molecule has 2 aliphatic rings. The number of hydrogen-bond acceptors (Lipinski definition) is 5. The monoisotopic (exact) mass is 480 g/mol. The number of hydrogen-bond donors (Lipinski definition) is 3. The molecule has 2 aromatic rings. The molecule has 2 amide bonds. The van der Waals surface area contributed by atoms with Crippen molar-refractivity contribution in [3.05, 3.63) is 59.7 Å². The van der Waals surface area contributed by atoms with E-state index in [-0.39, 0.29) is 44.1 Å². The maximum atomic E-state index is 12.7. The number of rotatable bonds is 9. The summed E-state index contributed by atoms with van der Waals surface area (Å²) in [5, 5.41) is 14.9. The quantitative estimate of drug-likeness (QED) is 0.507. The molecule has 1 fully saturated rings. The van der Waals surface area contributed by atoms with Crippen molar-refractivity contribution in [3.8, 4) is 11.1 Å². The summed E-state index contributed by atoms with van der Waals surface area (Å²) in [4.78, 5) is 36.8. The minimum Gasteiger partial charge on any atom is -0.481 e. The zero-order valence-corrected chi connectivity index (χ0v) is 20.0. The Labute approximate surface area is 205 Å². The lowest BCUT2D eigenvalue weighted by Gasteiger charge is -2.21. The third kappa shape index (κ3) is 5.65. The predicted molar refractivity (Wildman–Crippen MR) is 130 cm³/mol. The molecule has 3 N–H and O–H groups in total. The van der Waals surface area contributed by atoms with Gasteiger partial charge >= 0.3 is 12.1 Å². The van der Waals surface area contributed by atoms with Gasteiger partial charge in [0.2, 0.25) is 5.91 Å². The first-order valence-electron chi connectivity index (χ1n) is 12.0. The average molecular weight is 481 g/mol. The van der Waals surface area contributed by atoms with Gasteiger partial charge in [-0.2, -0.15) is 0 Å². The second kappa shape index (κ2) is 10.9. The van der Waals surface area contributed by atoms with Crippen molar-refractivity contribution in [3.63, 3.8) is 0 Å². The van der Waals surface area contributed by atoms with Gasteiger partial charge in [0.1, 0.15) is 6.61 Å². The SMILES string of the molecule is CC(C)CC(CNC(=O)C1COCC1NC(=O)OCC1c2ccccc2-c2ccccc21)C(=O)O. The van der Waals surface area contributed by atoms with Crippen LogP contribution in [0.15, 0.2) is 48.5 Å². The van der Waals surface area contributed by atoms with Crippen LogP contribution in [0, 0.1) is 17.8 Å². The van der Waals surface area contributed by atoms with Crippen LogP contribution in [0.3, 0.4) is 0 Å². The number of alkyl carbamates (subject to hydrolysis) is 1. The van der Waals surface area contributed by atoms with E-state index >= 15 is 0 Å². The molecular formula is C27H32N2O6. The number of benzene rings is 2. The molecule has 3 atom stereocenters. The second-order valence-corrected chi connectivity index (χ2v) is 9.63. The van der Waals surface area contributed by atoms with Gasteiger partial charge in [-0.05, 0) is 34.6 Å². The Balaban J connectivity index is 1.32. The van der Waals surface area contributed by atoms with Gasteiger partial charge in [-0.25, -0.2) is 4.79 Å². The third-order valence-electron chi connectivity index (χ3n) is 6.69. The van der Waals surface area contributed by atoms with Crippen LogP contribution in [0.1, 0.15) is 37.3 Å². The molecule has 3 unspecified atom stereocenters. The summed E-state index contributed by atoms with van der Waals surface area (Å²) in [6, 6.07) is 15.7. The van der Waals surface area contributed by atoms with Crippen molar-refractivity contribution in [2.45, 2.75) is 32.2 Å². The zero-order chi connectivity index (χ0) is 24.9. The Hall–Kier alpha value is -3.39. The van der Waals surface area contributed by atoms with Gasteiger partial charge in [0.15, 0.2) is 0 Å². The van der Waals surface area contributed by atoms with E-state index in [4.69, 9.17) is 9.47 Å². The van der Waals surface area contributed by atoms with E-state index in [1.807, 2.05) is 38.1 Å². The smallest absolute Gasteiger partial charge is 0.407 e. The largest absolute Gasteiger partial charge is 0.481 e. The molecule has 1 aliphatic carbocycles. The Morgan fingerprint density at radius 1 is 1.03 bits per heavy atom. The topological polar surface area (TPSA) is 114 Å². The molecule has 0 bridgehead atoms. The van der Waals surface area contributed by atoms with Gasteiger partial charge in [-0.1, -0.05) is 62.4 Å². The van der Waals surface area contributed by atoms with Crippen molar-refractivity contribution in [1.29, 1.82) is 0 Å². The minimum absolute atomic E-state index is 0.0422. The lowest BCUT2D eigenvalue weighted by Crippen LogP contribution is -2.47. The molecule has 1 heterocycles. The summed E-state index contributed by atoms with van der Waals surface area (Å²) in [5.41, 5.74) is 4.54. The number of carboxylic acid groups (broad SMARTS) is 1. The number of nitrogens with one attached hydrogen (secondary N) is 2. The van der Waals surface area contributed by atoms with Gasteiger partial charge in [-0.15, -0.1) is 0 Å². The number of carbonyl (C=O) groups is 3. The highest BCUT2D eigenvalue weighted by atomic mass is 16.5. The summed E-state index contributed by atoms with van der Waals surface area (Å²) in [6.07, 6.45) is -0.138. The molecular weight excluding hydrogens is 448 g/mol. The van der Waals surface area contributed by atoms with E-state index in [0.717, 1.165) is 22.3 Å². The van der Waals surface area contributed by atoms with Crippen molar-refractivity contribution in [2.75, 3.05) is 26.4 Å². The van der Waals surface area contributed by atoms with E-state index in [1.165, 1.54) is 0 Å². The molecule has 2 aromatic carbocycles. The highest BCUT2D eigenvalue weighted by Crippen LogP contribution is 2.44. The fraction of sp³-hybridized carbons (Fsp3) is 0.444. The van der Waals surface area contributed by atoms with Crippen LogP contribution in [0.2, 0.25) is 0 Å². The first kappa shape index (κ1) is 24.7. The molecule has 8 heteroatoms. The lowest BCUT2D eigenvalue weighted by molar-refractivity contribution is -0.142. The fourth-order valence-corrected chi connectivity index (χ4v) is 4.94. The number of amides is 2. The van der Waals surface area contributed by atoms with Gasteiger partial charge in [0.25, 0.3) is 0 Å². The summed E-state index contributed by atoms with van der Waals surface area (Å²) < 4.78 is 11.0. The Bertz CT molecular complexity index is 1040. The Morgan fingerprint density at radius 2 is 1.66 bits per heavy atom. The van der Waals surface area contributed by atoms with E-state index in [2.05, 4.69) is 34.9 Å². The molecule has 35 heavy (non-hydrogen) atoms. The molecule has 0 saturated carbocycles. The lowest BCUT2D eigenvalue weighted by atomic mass is 9.96. The van der Waals surface area contributed by atoms with Crippen molar-refractivity contribution < 1.29 is 29.0 Å². The molecule has 1 saturated heterocycles. The molecule has 0 aromatic heterocycles. The van der Waals surface area contributed by atoms with Crippen LogP contribution >= 0.6 is 0 Å². The highest BCUT2D eigenvalue weighted by molar-refractivity contribution is 5.82. The molecule has 8 nitrogen and oxygen atoms in total. The van der Waals surface area contributed by atoms with Gasteiger partial charge in [0, 0.05) is 12.5 Å². The summed E-state index contributed by atoms with van der Waals surface area (Å²) >= 11 is 0. The van der Waals surface area contributed by atoms with Crippen LogP contribution < -0.4 is 10.6 Å². The van der Waals surface area contributed by atoms with E-state index in [1.54, 1.807) is 0 Å². The Kier molecular flexibility index (Phi) is 7.70. The summed E-state index contributed by atoms with van der Waals surface area (Å²) in [5.74, 6) is -2.39. The Morgan fingerprint density at radius 3 is 2.26 bits per heavy atom. The second-order valence-electron chi connectivity index (χ2n) is 9.63. The number of aliphatic carboxylic acids is 1. The summed E-state index contributed by atoms with van der Waals surface area (Å²) in [6.45, 7) is 4.45. The highest BCUT2D eigenvalue weighted by Gasteiger charge is 2.36. The van der Waals surface area contributed by atoms with Crippen molar-refractivity contribution in [1.82, 2.24) is 10.6 Å². The predicted octanol–water partition coefficient (Wildman–Crippen LogP) is 3.40. The standard InChI is InChI=1S/C27H32N2O6/c1-16(2)11-17(26(31)32)12-28-25(30)23-13-34-15-24(23)29-27(33)35-14-22-20-9-5-3-7-18(20)19-8-4-6-10-21(19)22/h3-10,16-17,22-24H,11-15H2,1-2H3,(H,28,30)(H,29,33)(H,31,32). The van der Waals surface area contributed by atoms with E-state index in [0.29, 0.717) is 6.42 Å². The number of fused-ring (bicyclic) bond motifs is 3. The van der Waals surface area contributed by atoms with Gasteiger partial charge in [-0.3, -0.25) is 9.59 Å². The minimum atomic E-state index is -0.935. The number of carboxylic acids is 1. The maximum Gasteiger partial charge on any atom is 0.407 e. The molecule has 1 aliphatic heterocycles. The maximum absolute atomic E-state index is 12.7. The average Bonchev–Trinajstić information content (AvgIpc) is 3.42. The molecule has 4 rings (SSSR count). The van der Waals surface area contributed by atoms with E-state index < -0.39 is 29.9 Å². The van der Waals surface area contributed by atoms with Crippen LogP contribution in [-0.4, -0.2) is 55.5 Å². The van der Waals surface area contributed by atoms with Crippen molar-refractivity contribution >= 4 is 18.0 Å². The zero-order valence-electron chi connectivity index (χ0n) is 20.0. The molecule has 0 radical (unpaired) electrons. The first-order valence-corrected chi connectivity index (χ1v) is 12.0. The van der Waals surface area contributed by atoms with Crippen LogP contribution in [0.25, 0.3) is 11.1 Å². The van der Waals surface area contributed by atoms with Crippen LogP contribution in [-0.2, 0) is 19.1 Å². The third-order valence-corrected chi connectivity index (χ3v) is 6.69. The molecule has 186 valence electrons. The van der Waals surface area contributed by atoms with Crippen molar-refractivity contribution in [2.24, 2.45) is 17.8 Å². The normalized spacial score (nSPS) is 19.6. The van der Waals surface area contributed by atoms with Gasteiger partial charge < -0.3 is 25.2 Å². The summed E-state index contributed by atoms with van der Waals surface area (Å²) in [7, 11) is 0. The van der Waals surface area contributed by atoms with Gasteiger partial charge in [0.05, 0.1) is 31.1 Å². The fourth-order valence-electron chi connectivity index (χ4n) is 4.94. The number of carbonyl (C=O) groups excluding carboxylic acids is 2. The first-order chi connectivity index (χ1) is 16.8.